The van der Waals surface area contributed by atoms with Crippen molar-refractivity contribution < 1.29 is 14.2 Å². The second kappa shape index (κ2) is 7.50. The molecule has 2 N–H and O–H groups in total. The molecule has 0 radical (unpaired) electrons. The van der Waals surface area contributed by atoms with Crippen molar-refractivity contribution in [3.63, 3.8) is 0 Å². The molecule has 1 heterocycles. The highest BCUT2D eigenvalue weighted by Crippen LogP contribution is 2.29. The van der Waals surface area contributed by atoms with Gasteiger partial charge in [0, 0.05) is 12.6 Å². The lowest BCUT2D eigenvalue weighted by molar-refractivity contribution is 0.0667. The molecule has 1 aliphatic heterocycles. The molecule has 0 amide bonds. The number of nitrogens with two attached hydrogens (primary N) is 1. The Hall–Kier alpha value is -1.26. The maximum atomic E-state index is 5.85. The Kier molecular flexibility index (Phi) is 5.68. The fourth-order valence-electron chi connectivity index (χ4n) is 2.40. The summed E-state index contributed by atoms with van der Waals surface area (Å²) in [4.78, 5) is 0. The van der Waals surface area contributed by atoms with Gasteiger partial charge in [-0.3, -0.25) is 0 Å². The van der Waals surface area contributed by atoms with Gasteiger partial charge in [0.2, 0.25) is 0 Å². The molecule has 20 heavy (non-hydrogen) atoms. The average molecular weight is 279 g/mol. The zero-order chi connectivity index (χ0) is 14.4. The van der Waals surface area contributed by atoms with Gasteiger partial charge in [-0.1, -0.05) is 6.07 Å². The molecule has 4 heteroatoms. The first-order valence-corrected chi connectivity index (χ1v) is 7.44. The Bertz CT molecular complexity index is 414. The lowest BCUT2D eigenvalue weighted by atomic mass is 10.1. The molecule has 2 unspecified atom stereocenters. The Morgan fingerprint density at radius 2 is 2.20 bits per heavy atom. The summed E-state index contributed by atoms with van der Waals surface area (Å²) in [7, 11) is 0. The van der Waals surface area contributed by atoms with E-state index in [2.05, 4.69) is 6.07 Å². The van der Waals surface area contributed by atoms with Crippen LogP contribution in [0.2, 0.25) is 0 Å². The van der Waals surface area contributed by atoms with E-state index < -0.39 is 0 Å². The summed E-state index contributed by atoms with van der Waals surface area (Å²) in [5.41, 5.74) is 7.01. The molecule has 112 valence electrons. The molecule has 1 aromatic carbocycles. The van der Waals surface area contributed by atoms with Gasteiger partial charge in [-0.05, 0) is 50.8 Å². The molecule has 2 rings (SSSR count). The minimum absolute atomic E-state index is 0.142. The van der Waals surface area contributed by atoms with Crippen LogP contribution in [0, 0.1) is 0 Å². The molecule has 4 nitrogen and oxygen atoms in total. The summed E-state index contributed by atoms with van der Waals surface area (Å²) in [6, 6.07) is 6.19. The van der Waals surface area contributed by atoms with E-state index in [1.54, 1.807) is 0 Å². The fraction of sp³-hybridized carbons (Fsp3) is 0.625. The second-order valence-electron chi connectivity index (χ2n) is 5.34. The van der Waals surface area contributed by atoms with E-state index in [1.807, 2.05) is 26.0 Å². The van der Waals surface area contributed by atoms with Gasteiger partial charge >= 0.3 is 0 Å². The van der Waals surface area contributed by atoms with Gasteiger partial charge in [0.25, 0.3) is 0 Å². The maximum Gasteiger partial charge on any atom is 0.161 e. The number of ether oxygens (including phenoxy) is 3. The highest BCUT2D eigenvalue weighted by atomic mass is 16.5. The van der Waals surface area contributed by atoms with Crippen molar-refractivity contribution in [1.29, 1.82) is 0 Å². The molecule has 0 saturated carbocycles. The van der Waals surface area contributed by atoms with Gasteiger partial charge in [0.1, 0.15) is 6.61 Å². The monoisotopic (exact) mass is 279 g/mol. The lowest BCUT2D eigenvalue weighted by Gasteiger charge is -2.16. The third kappa shape index (κ3) is 4.39. The molecule has 2 atom stereocenters. The van der Waals surface area contributed by atoms with Crippen LogP contribution < -0.4 is 15.2 Å². The molecule has 1 saturated heterocycles. The van der Waals surface area contributed by atoms with Crippen LogP contribution in [0.5, 0.6) is 11.5 Å². The van der Waals surface area contributed by atoms with Crippen LogP contribution >= 0.6 is 0 Å². The van der Waals surface area contributed by atoms with E-state index >= 15 is 0 Å². The van der Waals surface area contributed by atoms with Crippen LogP contribution in [0.3, 0.4) is 0 Å². The van der Waals surface area contributed by atoms with Gasteiger partial charge in [0.05, 0.1) is 12.7 Å². The first-order chi connectivity index (χ1) is 9.69. The quantitative estimate of drug-likeness (QED) is 0.833. The van der Waals surface area contributed by atoms with Crippen LogP contribution in [0.1, 0.15) is 32.3 Å². The van der Waals surface area contributed by atoms with E-state index in [4.69, 9.17) is 19.9 Å². The molecular formula is C16H25NO3. The SMILES string of the molecule is CCOc1cc(CC(C)N)ccc1OCC1CCCO1. The van der Waals surface area contributed by atoms with Crippen molar-refractivity contribution in [1.82, 2.24) is 0 Å². The first-order valence-electron chi connectivity index (χ1n) is 7.44. The normalized spacial score (nSPS) is 19.9. The zero-order valence-corrected chi connectivity index (χ0v) is 12.4. The minimum atomic E-state index is 0.142. The number of benzene rings is 1. The van der Waals surface area contributed by atoms with E-state index in [9.17, 15) is 0 Å². The smallest absolute Gasteiger partial charge is 0.161 e. The fourth-order valence-corrected chi connectivity index (χ4v) is 2.40. The molecular weight excluding hydrogens is 254 g/mol. The topological polar surface area (TPSA) is 53.7 Å². The average Bonchev–Trinajstić information content (AvgIpc) is 2.90. The zero-order valence-electron chi connectivity index (χ0n) is 12.4. The Labute approximate surface area is 121 Å². The first kappa shape index (κ1) is 15.1. The van der Waals surface area contributed by atoms with Gasteiger partial charge in [-0.25, -0.2) is 0 Å². The van der Waals surface area contributed by atoms with Gasteiger partial charge in [-0.15, -0.1) is 0 Å². The van der Waals surface area contributed by atoms with Crippen molar-refractivity contribution in [2.24, 2.45) is 5.73 Å². The van der Waals surface area contributed by atoms with Crippen LogP contribution in [0.25, 0.3) is 0 Å². The molecule has 0 aliphatic carbocycles. The molecule has 1 fully saturated rings. The summed E-state index contributed by atoms with van der Waals surface area (Å²) in [6.45, 7) is 6.04. The van der Waals surface area contributed by atoms with Gasteiger partial charge in [-0.2, -0.15) is 0 Å². The summed E-state index contributed by atoms with van der Waals surface area (Å²) in [5, 5.41) is 0. The van der Waals surface area contributed by atoms with Crippen LogP contribution in [0.15, 0.2) is 18.2 Å². The van der Waals surface area contributed by atoms with Crippen molar-refractivity contribution >= 4 is 0 Å². The Morgan fingerprint density at radius 3 is 2.85 bits per heavy atom. The number of rotatable bonds is 7. The summed E-state index contributed by atoms with van der Waals surface area (Å²) < 4.78 is 17.1. The van der Waals surface area contributed by atoms with Crippen LogP contribution in [-0.2, 0) is 11.2 Å². The maximum absolute atomic E-state index is 5.85. The Balaban J connectivity index is 2.01. The predicted octanol–water partition coefficient (Wildman–Crippen LogP) is 2.53. The summed E-state index contributed by atoms with van der Waals surface area (Å²) in [5.74, 6) is 1.58. The lowest BCUT2D eigenvalue weighted by Crippen LogP contribution is -2.18. The Morgan fingerprint density at radius 1 is 1.35 bits per heavy atom. The van der Waals surface area contributed by atoms with E-state index in [1.165, 1.54) is 5.56 Å². The minimum Gasteiger partial charge on any atom is -0.490 e. The summed E-state index contributed by atoms with van der Waals surface area (Å²) in [6.07, 6.45) is 3.26. The highest BCUT2D eigenvalue weighted by Gasteiger charge is 2.17. The van der Waals surface area contributed by atoms with Crippen LogP contribution in [-0.4, -0.2) is 32.0 Å². The van der Waals surface area contributed by atoms with Crippen molar-refractivity contribution in [2.45, 2.75) is 45.3 Å². The van der Waals surface area contributed by atoms with E-state index in [0.717, 1.165) is 37.4 Å². The largest absolute Gasteiger partial charge is 0.490 e. The standard InChI is InChI=1S/C16H25NO3/c1-3-18-16-10-13(9-12(2)17)6-7-15(16)20-11-14-5-4-8-19-14/h6-7,10,12,14H,3-5,8-9,11,17H2,1-2H3. The van der Waals surface area contributed by atoms with Gasteiger partial charge < -0.3 is 19.9 Å². The van der Waals surface area contributed by atoms with Crippen molar-refractivity contribution in [3.8, 4) is 11.5 Å². The third-order valence-corrected chi connectivity index (χ3v) is 3.31. The summed E-state index contributed by atoms with van der Waals surface area (Å²) >= 11 is 0. The number of hydrogen-bond acceptors (Lipinski definition) is 4. The highest BCUT2D eigenvalue weighted by molar-refractivity contribution is 5.43. The third-order valence-electron chi connectivity index (χ3n) is 3.31. The molecule has 1 aliphatic rings. The van der Waals surface area contributed by atoms with E-state index in [0.29, 0.717) is 13.2 Å². The molecule has 1 aromatic rings. The number of hydrogen-bond donors (Lipinski definition) is 1. The molecule has 0 aromatic heterocycles. The molecule has 0 bridgehead atoms. The van der Waals surface area contributed by atoms with Gasteiger partial charge in [0.15, 0.2) is 11.5 Å². The van der Waals surface area contributed by atoms with Crippen LogP contribution in [0.4, 0.5) is 0 Å². The van der Waals surface area contributed by atoms with Crippen molar-refractivity contribution in [3.05, 3.63) is 23.8 Å². The van der Waals surface area contributed by atoms with E-state index in [-0.39, 0.29) is 12.1 Å². The molecule has 0 spiro atoms. The predicted molar refractivity (Wildman–Crippen MR) is 79.4 cm³/mol. The van der Waals surface area contributed by atoms with Crippen molar-refractivity contribution in [2.75, 3.05) is 19.8 Å². The second-order valence-corrected chi connectivity index (χ2v) is 5.34.